The second-order valence-corrected chi connectivity index (χ2v) is 3.11. The molecule has 0 spiro atoms. The molecule has 1 atom stereocenters. The average molecular weight is 203 g/mol. The molecule has 0 aromatic heterocycles. The highest BCUT2D eigenvalue weighted by molar-refractivity contribution is 5.25. The molecule has 78 valence electrons. The first-order valence-electron chi connectivity index (χ1n) is 4.36. The van der Waals surface area contributed by atoms with E-state index in [0.717, 1.165) is 12.0 Å². The average Bonchev–Trinajstić information content (AvgIpc) is 2.15. The lowest BCUT2D eigenvalue weighted by Gasteiger charge is -2.15. The van der Waals surface area contributed by atoms with Crippen LogP contribution in [0.3, 0.4) is 0 Å². The molecule has 0 aliphatic heterocycles. The number of halogens is 3. The minimum Gasteiger partial charge on any atom is -0.316 e. The van der Waals surface area contributed by atoms with Crippen molar-refractivity contribution in [3.8, 4) is 0 Å². The maximum Gasteiger partial charge on any atom is 0.407 e. The summed E-state index contributed by atoms with van der Waals surface area (Å²) in [5.41, 5.74) is 6.15. The zero-order chi connectivity index (χ0) is 10.8. The van der Waals surface area contributed by atoms with Crippen LogP contribution in [0.2, 0.25) is 0 Å². The Bertz CT molecular complexity index is 289. The summed E-state index contributed by atoms with van der Waals surface area (Å²) in [6, 6.07) is 4.31. The molecule has 1 aromatic carbocycles. The van der Waals surface area contributed by atoms with Crippen molar-refractivity contribution >= 4 is 0 Å². The molecule has 0 saturated carbocycles. The topological polar surface area (TPSA) is 26.0 Å². The molecule has 0 aliphatic rings. The van der Waals surface area contributed by atoms with E-state index in [1.807, 2.05) is 6.92 Å². The molecule has 0 radical (unpaired) electrons. The van der Waals surface area contributed by atoms with Gasteiger partial charge in [-0.15, -0.1) is 0 Å². The third kappa shape index (κ3) is 2.48. The van der Waals surface area contributed by atoms with Crippen molar-refractivity contribution in [2.24, 2.45) is 5.73 Å². The van der Waals surface area contributed by atoms with Crippen molar-refractivity contribution in [1.29, 1.82) is 0 Å². The predicted octanol–water partition coefficient (Wildman–Crippen LogP) is 2.81. The Morgan fingerprint density at radius 3 is 2.07 bits per heavy atom. The van der Waals surface area contributed by atoms with E-state index in [1.54, 1.807) is 12.1 Å². The number of hydrogen-bond donors (Lipinski definition) is 1. The molecule has 0 fully saturated rings. The fraction of sp³-hybridized carbons (Fsp3) is 0.400. The summed E-state index contributed by atoms with van der Waals surface area (Å²) in [6.07, 6.45) is -3.56. The van der Waals surface area contributed by atoms with Crippen LogP contribution in [0.25, 0.3) is 0 Å². The Labute approximate surface area is 80.7 Å². The molecule has 0 bridgehead atoms. The van der Waals surface area contributed by atoms with Gasteiger partial charge in [0.05, 0.1) is 0 Å². The van der Waals surface area contributed by atoms with Gasteiger partial charge in [-0.3, -0.25) is 0 Å². The van der Waals surface area contributed by atoms with Gasteiger partial charge in [0.15, 0.2) is 0 Å². The van der Waals surface area contributed by atoms with E-state index in [-0.39, 0.29) is 5.56 Å². The van der Waals surface area contributed by atoms with Gasteiger partial charge in [0.2, 0.25) is 0 Å². The first-order chi connectivity index (χ1) is 6.45. The van der Waals surface area contributed by atoms with Crippen LogP contribution in [0.1, 0.15) is 24.1 Å². The van der Waals surface area contributed by atoms with Crippen LogP contribution < -0.4 is 5.73 Å². The lowest BCUT2D eigenvalue weighted by molar-refractivity contribution is -0.149. The summed E-state index contributed by atoms with van der Waals surface area (Å²) in [4.78, 5) is 0. The maximum absolute atomic E-state index is 12.2. The third-order valence-electron chi connectivity index (χ3n) is 2.10. The van der Waals surface area contributed by atoms with E-state index < -0.39 is 12.2 Å². The van der Waals surface area contributed by atoms with E-state index in [4.69, 9.17) is 5.73 Å². The number of benzene rings is 1. The Hall–Kier alpha value is -1.03. The van der Waals surface area contributed by atoms with Crippen LogP contribution in [0.4, 0.5) is 13.2 Å². The highest BCUT2D eigenvalue weighted by Gasteiger charge is 2.37. The molecule has 1 aromatic rings. The highest BCUT2D eigenvalue weighted by atomic mass is 19.4. The first kappa shape index (κ1) is 11.0. The fourth-order valence-corrected chi connectivity index (χ4v) is 1.15. The van der Waals surface area contributed by atoms with Crippen molar-refractivity contribution < 1.29 is 13.2 Å². The molecule has 0 aliphatic carbocycles. The van der Waals surface area contributed by atoms with Crippen LogP contribution in [-0.2, 0) is 6.42 Å². The van der Waals surface area contributed by atoms with Gasteiger partial charge in [0, 0.05) is 0 Å². The Morgan fingerprint density at radius 1 is 1.21 bits per heavy atom. The van der Waals surface area contributed by atoms with Crippen LogP contribution in [0.5, 0.6) is 0 Å². The van der Waals surface area contributed by atoms with Crippen LogP contribution in [0, 0.1) is 0 Å². The smallest absolute Gasteiger partial charge is 0.316 e. The lowest BCUT2D eigenvalue weighted by Crippen LogP contribution is -2.28. The molecule has 1 rings (SSSR count). The Balaban J connectivity index is 2.87. The molecule has 4 heteroatoms. The molecule has 0 amide bonds. The Kier molecular flexibility index (Phi) is 3.16. The van der Waals surface area contributed by atoms with Crippen LogP contribution in [0.15, 0.2) is 24.3 Å². The minimum absolute atomic E-state index is 0.106. The zero-order valence-electron chi connectivity index (χ0n) is 7.81. The molecule has 1 nitrogen and oxygen atoms in total. The number of hydrogen-bond acceptors (Lipinski definition) is 1. The van der Waals surface area contributed by atoms with Gasteiger partial charge in [-0.05, 0) is 17.5 Å². The van der Waals surface area contributed by atoms with E-state index >= 15 is 0 Å². The number of rotatable bonds is 2. The van der Waals surface area contributed by atoms with Crippen molar-refractivity contribution in [2.45, 2.75) is 25.6 Å². The standard InChI is InChI=1S/C10H12F3N/c1-2-7-3-5-8(6-4-7)9(14)10(11,12)13/h3-6,9H,2,14H2,1H3/t9-/m0/s1. The zero-order valence-corrected chi connectivity index (χ0v) is 7.81. The molecular formula is C10H12F3N. The second-order valence-electron chi connectivity index (χ2n) is 3.11. The van der Waals surface area contributed by atoms with Gasteiger partial charge in [0.25, 0.3) is 0 Å². The van der Waals surface area contributed by atoms with Crippen molar-refractivity contribution in [3.63, 3.8) is 0 Å². The molecule has 14 heavy (non-hydrogen) atoms. The van der Waals surface area contributed by atoms with Crippen LogP contribution in [-0.4, -0.2) is 6.18 Å². The first-order valence-corrected chi connectivity index (χ1v) is 4.36. The number of aryl methyl sites for hydroxylation is 1. The van der Waals surface area contributed by atoms with Crippen molar-refractivity contribution in [1.82, 2.24) is 0 Å². The molecule has 0 heterocycles. The largest absolute Gasteiger partial charge is 0.407 e. The van der Waals surface area contributed by atoms with Crippen LogP contribution >= 0.6 is 0 Å². The SMILES string of the molecule is CCc1ccc([C@H](N)C(F)(F)F)cc1. The summed E-state index contributed by atoms with van der Waals surface area (Å²) in [6.45, 7) is 1.94. The van der Waals surface area contributed by atoms with E-state index in [1.165, 1.54) is 12.1 Å². The summed E-state index contributed by atoms with van der Waals surface area (Å²) in [7, 11) is 0. The summed E-state index contributed by atoms with van der Waals surface area (Å²) >= 11 is 0. The minimum atomic E-state index is -4.37. The van der Waals surface area contributed by atoms with E-state index in [9.17, 15) is 13.2 Å². The molecular weight excluding hydrogens is 191 g/mol. The van der Waals surface area contributed by atoms with Gasteiger partial charge in [-0.25, -0.2) is 0 Å². The molecule has 2 N–H and O–H groups in total. The number of alkyl halides is 3. The van der Waals surface area contributed by atoms with Gasteiger partial charge < -0.3 is 5.73 Å². The summed E-state index contributed by atoms with van der Waals surface area (Å²) < 4.78 is 36.6. The molecule has 0 saturated heterocycles. The predicted molar refractivity (Wildman–Crippen MR) is 48.8 cm³/mol. The fourth-order valence-electron chi connectivity index (χ4n) is 1.15. The summed E-state index contributed by atoms with van der Waals surface area (Å²) in [5, 5.41) is 0. The number of nitrogens with two attached hydrogens (primary N) is 1. The van der Waals surface area contributed by atoms with Crippen molar-refractivity contribution in [3.05, 3.63) is 35.4 Å². The van der Waals surface area contributed by atoms with E-state index in [0.29, 0.717) is 0 Å². The van der Waals surface area contributed by atoms with E-state index in [2.05, 4.69) is 0 Å². The van der Waals surface area contributed by atoms with Gasteiger partial charge in [0.1, 0.15) is 6.04 Å². The van der Waals surface area contributed by atoms with Crippen molar-refractivity contribution in [2.75, 3.05) is 0 Å². The third-order valence-corrected chi connectivity index (χ3v) is 2.10. The lowest BCUT2D eigenvalue weighted by atomic mass is 10.0. The monoisotopic (exact) mass is 203 g/mol. The highest BCUT2D eigenvalue weighted by Crippen LogP contribution is 2.30. The molecule has 0 unspecified atom stereocenters. The Morgan fingerprint density at radius 2 is 1.71 bits per heavy atom. The summed E-state index contributed by atoms with van der Waals surface area (Å²) in [5.74, 6) is 0. The normalized spacial score (nSPS) is 14.1. The second kappa shape index (κ2) is 4.00. The van der Waals surface area contributed by atoms with Gasteiger partial charge in [-0.1, -0.05) is 31.2 Å². The maximum atomic E-state index is 12.2. The quantitative estimate of drug-likeness (QED) is 0.785. The van der Waals surface area contributed by atoms with Gasteiger partial charge >= 0.3 is 6.18 Å². The van der Waals surface area contributed by atoms with Gasteiger partial charge in [-0.2, -0.15) is 13.2 Å².